The van der Waals surface area contributed by atoms with Gasteiger partial charge in [0, 0.05) is 12.0 Å². The van der Waals surface area contributed by atoms with Gasteiger partial charge < -0.3 is 15.4 Å². The van der Waals surface area contributed by atoms with E-state index in [1.807, 2.05) is 0 Å². The van der Waals surface area contributed by atoms with E-state index in [9.17, 15) is 0 Å². The minimum atomic E-state index is 0.797. The minimum absolute atomic E-state index is 0.797. The van der Waals surface area contributed by atoms with E-state index in [-0.39, 0.29) is 0 Å². The molecule has 1 atom stereocenters. The smallest absolute Gasteiger partial charge is 0.0516 e. The van der Waals surface area contributed by atoms with E-state index in [0.29, 0.717) is 0 Å². The van der Waals surface area contributed by atoms with Gasteiger partial charge in [0.05, 0.1) is 13.2 Å². The van der Waals surface area contributed by atoms with Crippen molar-refractivity contribution in [1.82, 2.24) is 4.90 Å². The second kappa shape index (κ2) is 4.40. The summed E-state index contributed by atoms with van der Waals surface area (Å²) in [6, 6.07) is 0.797. The molecular formula is C10H20N2O. The summed E-state index contributed by atoms with van der Waals surface area (Å²) in [7, 11) is 0. The number of hydrogen-bond donors (Lipinski definition) is 1. The summed E-state index contributed by atoms with van der Waals surface area (Å²) in [5.74, 6) is 0.846. The summed E-state index contributed by atoms with van der Waals surface area (Å²) in [4.78, 5) is 2.57. The number of likely N-dealkylation sites (tertiary alicyclic amines) is 1. The van der Waals surface area contributed by atoms with Crippen molar-refractivity contribution in [2.45, 2.75) is 25.3 Å². The lowest BCUT2D eigenvalue weighted by molar-refractivity contribution is -0.0450. The van der Waals surface area contributed by atoms with Crippen molar-refractivity contribution in [2.75, 3.05) is 32.8 Å². The summed E-state index contributed by atoms with van der Waals surface area (Å²) in [6.45, 7) is 5.38. The SMILES string of the molecule is NCCC1CCN1CCC1COC1. The van der Waals surface area contributed by atoms with E-state index < -0.39 is 0 Å². The average Bonchev–Trinajstić information content (AvgIpc) is 2.03. The molecule has 2 aliphatic heterocycles. The largest absolute Gasteiger partial charge is 0.381 e. The van der Waals surface area contributed by atoms with Crippen LogP contribution in [0.5, 0.6) is 0 Å². The van der Waals surface area contributed by atoms with Crippen molar-refractivity contribution >= 4 is 0 Å². The van der Waals surface area contributed by atoms with Crippen LogP contribution < -0.4 is 5.73 Å². The zero-order valence-corrected chi connectivity index (χ0v) is 8.24. The van der Waals surface area contributed by atoms with Crippen LogP contribution in [-0.2, 0) is 4.74 Å². The zero-order chi connectivity index (χ0) is 9.10. The van der Waals surface area contributed by atoms with Crippen molar-refractivity contribution in [2.24, 2.45) is 11.7 Å². The van der Waals surface area contributed by atoms with Crippen LogP contribution in [0.3, 0.4) is 0 Å². The Bertz CT molecular complexity index is 159. The molecule has 1 unspecified atom stereocenters. The summed E-state index contributed by atoms with van der Waals surface area (Å²) in [5, 5.41) is 0. The second-order valence-electron chi connectivity index (χ2n) is 4.25. The molecule has 0 amide bonds. The van der Waals surface area contributed by atoms with Gasteiger partial charge in [-0.2, -0.15) is 0 Å². The third-order valence-corrected chi connectivity index (χ3v) is 3.30. The Morgan fingerprint density at radius 1 is 1.31 bits per heavy atom. The van der Waals surface area contributed by atoms with Gasteiger partial charge in [0.15, 0.2) is 0 Å². The molecule has 0 saturated carbocycles. The number of hydrogen-bond acceptors (Lipinski definition) is 3. The zero-order valence-electron chi connectivity index (χ0n) is 8.24. The van der Waals surface area contributed by atoms with Crippen molar-refractivity contribution < 1.29 is 4.74 Å². The first-order chi connectivity index (χ1) is 6.40. The highest BCUT2D eigenvalue weighted by Gasteiger charge is 2.28. The number of ether oxygens (including phenoxy) is 1. The van der Waals surface area contributed by atoms with Gasteiger partial charge in [-0.05, 0) is 38.9 Å². The van der Waals surface area contributed by atoms with E-state index in [4.69, 9.17) is 10.5 Å². The van der Waals surface area contributed by atoms with Gasteiger partial charge in [-0.25, -0.2) is 0 Å². The Hall–Kier alpha value is -0.120. The molecule has 0 radical (unpaired) electrons. The lowest BCUT2D eigenvalue weighted by Crippen LogP contribution is -2.49. The fraction of sp³-hybridized carbons (Fsp3) is 1.00. The monoisotopic (exact) mass is 184 g/mol. The van der Waals surface area contributed by atoms with Gasteiger partial charge >= 0.3 is 0 Å². The molecule has 0 spiro atoms. The number of rotatable bonds is 5. The first-order valence-corrected chi connectivity index (χ1v) is 5.42. The summed E-state index contributed by atoms with van der Waals surface area (Å²) in [6.07, 6.45) is 3.86. The van der Waals surface area contributed by atoms with Crippen LogP contribution >= 0.6 is 0 Å². The van der Waals surface area contributed by atoms with Crippen molar-refractivity contribution in [3.63, 3.8) is 0 Å². The normalized spacial score (nSPS) is 29.8. The van der Waals surface area contributed by atoms with Gasteiger partial charge in [0.25, 0.3) is 0 Å². The molecule has 2 rings (SSSR count). The van der Waals surface area contributed by atoms with Gasteiger partial charge in [-0.15, -0.1) is 0 Å². The third kappa shape index (κ3) is 2.22. The van der Waals surface area contributed by atoms with E-state index in [1.54, 1.807) is 0 Å². The quantitative estimate of drug-likeness (QED) is 0.674. The van der Waals surface area contributed by atoms with Crippen molar-refractivity contribution in [1.29, 1.82) is 0 Å². The first kappa shape index (κ1) is 9.44. The van der Waals surface area contributed by atoms with E-state index in [0.717, 1.165) is 31.7 Å². The maximum Gasteiger partial charge on any atom is 0.0516 e. The fourth-order valence-corrected chi connectivity index (χ4v) is 2.11. The Morgan fingerprint density at radius 2 is 2.15 bits per heavy atom. The fourth-order valence-electron chi connectivity index (χ4n) is 2.11. The highest BCUT2D eigenvalue weighted by Crippen LogP contribution is 2.22. The van der Waals surface area contributed by atoms with Crippen molar-refractivity contribution in [3.8, 4) is 0 Å². The van der Waals surface area contributed by atoms with E-state index in [2.05, 4.69) is 4.90 Å². The minimum Gasteiger partial charge on any atom is -0.381 e. The Labute approximate surface area is 80.2 Å². The molecule has 0 bridgehead atoms. The van der Waals surface area contributed by atoms with Gasteiger partial charge in [-0.1, -0.05) is 0 Å². The summed E-state index contributed by atoms with van der Waals surface area (Å²) < 4.78 is 5.15. The molecule has 2 aliphatic rings. The molecular weight excluding hydrogens is 164 g/mol. The second-order valence-corrected chi connectivity index (χ2v) is 4.25. The Kier molecular flexibility index (Phi) is 3.19. The number of nitrogens with zero attached hydrogens (tertiary/aromatic N) is 1. The maximum absolute atomic E-state index is 5.55. The Morgan fingerprint density at radius 3 is 2.62 bits per heavy atom. The van der Waals surface area contributed by atoms with Crippen LogP contribution in [0, 0.1) is 5.92 Å². The van der Waals surface area contributed by atoms with Gasteiger partial charge in [0.2, 0.25) is 0 Å². The predicted molar refractivity (Wildman–Crippen MR) is 52.6 cm³/mol. The standard InChI is InChI=1S/C10H20N2O/c11-4-1-10-3-6-12(10)5-2-9-7-13-8-9/h9-10H,1-8,11H2. The predicted octanol–water partition coefficient (Wildman–Crippen LogP) is 0.446. The molecule has 2 fully saturated rings. The van der Waals surface area contributed by atoms with Crippen LogP contribution in [0.4, 0.5) is 0 Å². The highest BCUT2D eigenvalue weighted by atomic mass is 16.5. The molecule has 76 valence electrons. The summed E-state index contributed by atoms with van der Waals surface area (Å²) in [5.41, 5.74) is 5.55. The molecule has 0 aliphatic carbocycles. The van der Waals surface area contributed by atoms with Crippen molar-refractivity contribution in [3.05, 3.63) is 0 Å². The molecule has 0 aromatic carbocycles. The van der Waals surface area contributed by atoms with E-state index >= 15 is 0 Å². The average molecular weight is 184 g/mol. The van der Waals surface area contributed by atoms with Crippen LogP contribution in [0.1, 0.15) is 19.3 Å². The van der Waals surface area contributed by atoms with Gasteiger partial charge in [0.1, 0.15) is 0 Å². The topological polar surface area (TPSA) is 38.5 Å². The maximum atomic E-state index is 5.55. The Balaban J connectivity index is 1.58. The van der Waals surface area contributed by atoms with Crippen LogP contribution in [0.2, 0.25) is 0 Å². The first-order valence-electron chi connectivity index (χ1n) is 5.42. The van der Waals surface area contributed by atoms with E-state index in [1.165, 1.54) is 32.4 Å². The molecule has 0 aromatic heterocycles. The third-order valence-electron chi connectivity index (χ3n) is 3.30. The number of nitrogens with two attached hydrogens (primary N) is 1. The van der Waals surface area contributed by atoms with Crippen LogP contribution in [0.25, 0.3) is 0 Å². The molecule has 3 heteroatoms. The lowest BCUT2D eigenvalue weighted by Gasteiger charge is -2.42. The summed E-state index contributed by atoms with van der Waals surface area (Å²) >= 11 is 0. The molecule has 2 N–H and O–H groups in total. The van der Waals surface area contributed by atoms with Gasteiger partial charge in [-0.3, -0.25) is 0 Å². The molecule has 2 saturated heterocycles. The molecule has 13 heavy (non-hydrogen) atoms. The molecule has 0 aromatic rings. The highest BCUT2D eigenvalue weighted by molar-refractivity contribution is 4.83. The molecule has 2 heterocycles. The van der Waals surface area contributed by atoms with Crippen LogP contribution in [0.15, 0.2) is 0 Å². The van der Waals surface area contributed by atoms with Crippen LogP contribution in [-0.4, -0.2) is 43.8 Å². The lowest BCUT2D eigenvalue weighted by atomic mass is 9.97. The molecule has 3 nitrogen and oxygen atoms in total.